The number of rotatable bonds is 13. The van der Waals surface area contributed by atoms with Crippen molar-refractivity contribution in [3.63, 3.8) is 0 Å². The summed E-state index contributed by atoms with van der Waals surface area (Å²) in [5, 5.41) is 0. The maximum Gasteiger partial charge on any atom is 0.416 e. The molecule has 0 aromatic heterocycles. The summed E-state index contributed by atoms with van der Waals surface area (Å²) in [7, 11) is 1.50. The van der Waals surface area contributed by atoms with Crippen LogP contribution in [0.4, 0.5) is 13.2 Å². The molecular formula is C23H27F3O6S. The van der Waals surface area contributed by atoms with Crippen LogP contribution in [0.15, 0.2) is 47.4 Å². The van der Waals surface area contributed by atoms with Crippen LogP contribution < -0.4 is 9.47 Å². The molecule has 2 aromatic rings. The molecule has 0 fully saturated rings. The van der Waals surface area contributed by atoms with Gasteiger partial charge in [0.2, 0.25) is 0 Å². The van der Waals surface area contributed by atoms with Crippen molar-refractivity contribution in [3.8, 4) is 11.5 Å². The van der Waals surface area contributed by atoms with E-state index in [0.29, 0.717) is 23.9 Å². The van der Waals surface area contributed by atoms with Crippen molar-refractivity contribution in [3.05, 3.63) is 53.6 Å². The Labute approximate surface area is 195 Å². The minimum atomic E-state index is -4.39. The quantitative estimate of drug-likeness (QED) is 0.220. The van der Waals surface area contributed by atoms with Crippen LogP contribution in [0.25, 0.3) is 0 Å². The summed E-state index contributed by atoms with van der Waals surface area (Å²) in [5.41, 5.74) is 0.127. The van der Waals surface area contributed by atoms with Gasteiger partial charge in [0.15, 0.2) is 6.61 Å². The van der Waals surface area contributed by atoms with Gasteiger partial charge in [-0.25, -0.2) is 4.79 Å². The standard InChI is InChI=1S/C23H27F3O6S/c1-4-29-22(27)13-31-21-10-9-20(11-16(21)2)33-14-19(32-15-28-3)12-30-18-7-5-17(6-8-18)23(24,25)26/h5-11,19H,4,12-15H2,1-3H3/t19-/m0/s1. The maximum atomic E-state index is 12.7. The van der Waals surface area contributed by atoms with E-state index in [2.05, 4.69) is 0 Å². The van der Waals surface area contributed by atoms with Gasteiger partial charge in [0.05, 0.1) is 12.2 Å². The topological polar surface area (TPSA) is 63.2 Å². The molecule has 0 amide bonds. The number of hydrogen-bond donors (Lipinski definition) is 0. The molecule has 0 heterocycles. The van der Waals surface area contributed by atoms with Crippen LogP contribution in [-0.2, 0) is 25.2 Å². The summed E-state index contributed by atoms with van der Waals surface area (Å²) in [4.78, 5) is 12.4. The molecule has 182 valence electrons. The fraction of sp³-hybridized carbons (Fsp3) is 0.435. The zero-order valence-corrected chi connectivity index (χ0v) is 19.5. The average Bonchev–Trinajstić information content (AvgIpc) is 2.78. The van der Waals surface area contributed by atoms with Gasteiger partial charge >= 0.3 is 12.1 Å². The number of methoxy groups -OCH3 is 1. The van der Waals surface area contributed by atoms with E-state index in [1.807, 2.05) is 19.1 Å². The van der Waals surface area contributed by atoms with Gasteiger partial charge in [-0.05, 0) is 61.9 Å². The monoisotopic (exact) mass is 488 g/mol. The minimum absolute atomic E-state index is 0.0568. The molecule has 0 bridgehead atoms. The third kappa shape index (κ3) is 9.53. The first kappa shape index (κ1) is 26.8. The van der Waals surface area contributed by atoms with Crippen molar-refractivity contribution in [1.82, 2.24) is 0 Å². The van der Waals surface area contributed by atoms with E-state index in [9.17, 15) is 18.0 Å². The van der Waals surface area contributed by atoms with Crippen LogP contribution in [0, 0.1) is 6.92 Å². The van der Waals surface area contributed by atoms with Crippen molar-refractivity contribution in [2.75, 3.05) is 39.5 Å². The summed E-state index contributed by atoms with van der Waals surface area (Å²) >= 11 is 1.52. The zero-order valence-electron chi connectivity index (χ0n) is 18.6. The lowest BCUT2D eigenvalue weighted by Gasteiger charge is -2.18. The first-order chi connectivity index (χ1) is 15.7. The van der Waals surface area contributed by atoms with Crippen molar-refractivity contribution in [1.29, 1.82) is 0 Å². The lowest BCUT2D eigenvalue weighted by atomic mass is 10.2. The Hall–Kier alpha value is -2.43. The second-order valence-electron chi connectivity index (χ2n) is 6.86. The fourth-order valence-corrected chi connectivity index (χ4v) is 3.64. The van der Waals surface area contributed by atoms with Gasteiger partial charge in [-0.3, -0.25) is 0 Å². The Bertz CT molecular complexity index is 873. The second-order valence-corrected chi connectivity index (χ2v) is 7.95. The number of benzene rings is 2. The number of halogens is 3. The number of carbonyl (C=O) groups is 1. The molecule has 6 nitrogen and oxygen atoms in total. The van der Waals surface area contributed by atoms with Crippen LogP contribution in [-0.4, -0.2) is 51.5 Å². The van der Waals surface area contributed by atoms with Crippen molar-refractivity contribution >= 4 is 17.7 Å². The number of ether oxygens (including phenoxy) is 5. The van der Waals surface area contributed by atoms with Crippen LogP contribution in [0.5, 0.6) is 11.5 Å². The highest BCUT2D eigenvalue weighted by atomic mass is 32.2. The van der Waals surface area contributed by atoms with E-state index in [0.717, 1.165) is 22.6 Å². The molecule has 2 rings (SSSR count). The van der Waals surface area contributed by atoms with Gasteiger partial charge in [0.1, 0.15) is 31.0 Å². The molecule has 0 unspecified atom stereocenters. The Kier molecular flexibility index (Phi) is 10.8. The number of aryl methyl sites for hydroxylation is 1. The first-order valence-electron chi connectivity index (χ1n) is 10.2. The molecule has 1 atom stereocenters. The lowest BCUT2D eigenvalue weighted by Crippen LogP contribution is -2.25. The Morgan fingerprint density at radius 1 is 1.09 bits per heavy atom. The molecule has 0 aliphatic rings. The lowest BCUT2D eigenvalue weighted by molar-refractivity contribution is -0.145. The predicted molar refractivity (Wildman–Crippen MR) is 118 cm³/mol. The van der Waals surface area contributed by atoms with Gasteiger partial charge in [0.25, 0.3) is 0 Å². The predicted octanol–water partition coefficient (Wildman–Crippen LogP) is 5.12. The highest BCUT2D eigenvalue weighted by Crippen LogP contribution is 2.30. The molecule has 0 saturated carbocycles. The summed E-state index contributed by atoms with van der Waals surface area (Å²) in [6, 6.07) is 10.1. The molecule has 0 radical (unpaired) electrons. The number of carbonyl (C=O) groups excluding carboxylic acids is 1. The number of alkyl halides is 3. The fourth-order valence-electron chi connectivity index (χ4n) is 2.64. The summed E-state index contributed by atoms with van der Waals surface area (Å²) < 4.78 is 64.6. The SMILES string of the molecule is CCOC(=O)COc1ccc(SC[C@H](COc2ccc(C(F)(F)F)cc2)OCOC)cc1C. The molecule has 0 aliphatic carbocycles. The van der Waals surface area contributed by atoms with E-state index in [1.54, 1.807) is 13.0 Å². The van der Waals surface area contributed by atoms with Crippen LogP contribution in [0.2, 0.25) is 0 Å². The van der Waals surface area contributed by atoms with E-state index in [-0.39, 0.29) is 26.1 Å². The van der Waals surface area contributed by atoms with Crippen LogP contribution in [0.3, 0.4) is 0 Å². The van der Waals surface area contributed by atoms with E-state index in [1.165, 1.54) is 31.0 Å². The average molecular weight is 489 g/mol. The molecule has 0 aliphatic heterocycles. The third-order valence-corrected chi connectivity index (χ3v) is 5.40. The van der Waals surface area contributed by atoms with E-state index in [4.69, 9.17) is 23.7 Å². The smallest absolute Gasteiger partial charge is 0.416 e. The molecule has 33 heavy (non-hydrogen) atoms. The van der Waals surface area contributed by atoms with Crippen molar-refractivity contribution in [2.24, 2.45) is 0 Å². The molecule has 0 N–H and O–H groups in total. The normalized spacial score (nSPS) is 12.3. The number of esters is 1. The Morgan fingerprint density at radius 3 is 2.42 bits per heavy atom. The number of thioether (sulfide) groups is 1. The van der Waals surface area contributed by atoms with Gasteiger partial charge < -0.3 is 23.7 Å². The maximum absolute atomic E-state index is 12.7. The van der Waals surface area contributed by atoms with E-state index < -0.39 is 17.7 Å². The number of hydrogen-bond acceptors (Lipinski definition) is 7. The van der Waals surface area contributed by atoms with Gasteiger partial charge in [-0.1, -0.05) is 0 Å². The third-order valence-electron chi connectivity index (χ3n) is 4.27. The van der Waals surface area contributed by atoms with Gasteiger partial charge in [-0.15, -0.1) is 11.8 Å². The van der Waals surface area contributed by atoms with E-state index >= 15 is 0 Å². The van der Waals surface area contributed by atoms with Crippen molar-refractivity contribution in [2.45, 2.75) is 31.0 Å². The van der Waals surface area contributed by atoms with Crippen LogP contribution in [0.1, 0.15) is 18.1 Å². The Morgan fingerprint density at radius 2 is 1.82 bits per heavy atom. The van der Waals surface area contributed by atoms with Crippen molar-refractivity contribution < 1.29 is 41.7 Å². The first-order valence-corrected chi connectivity index (χ1v) is 11.1. The summed E-state index contributed by atoms with van der Waals surface area (Å²) in [6.07, 6.45) is -4.76. The highest BCUT2D eigenvalue weighted by Gasteiger charge is 2.30. The highest BCUT2D eigenvalue weighted by molar-refractivity contribution is 7.99. The van der Waals surface area contributed by atoms with Crippen LogP contribution >= 0.6 is 11.8 Å². The molecule has 10 heteroatoms. The summed E-state index contributed by atoms with van der Waals surface area (Å²) in [5.74, 6) is 0.997. The van der Waals surface area contributed by atoms with Gasteiger partial charge in [0, 0.05) is 17.8 Å². The van der Waals surface area contributed by atoms with Gasteiger partial charge in [-0.2, -0.15) is 13.2 Å². The molecule has 2 aromatic carbocycles. The molecule has 0 saturated heterocycles. The molecule has 0 spiro atoms. The summed E-state index contributed by atoms with van der Waals surface area (Å²) in [6.45, 7) is 3.94. The minimum Gasteiger partial charge on any atom is -0.491 e. The zero-order chi connectivity index (χ0) is 24.3. The largest absolute Gasteiger partial charge is 0.491 e. The Balaban J connectivity index is 1.90. The second kappa shape index (κ2) is 13.3. The molecular weight excluding hydrogens is 461 g/mol.